The normalized spacial score (nSPS) is 13.7. The summed E-state index contributed by atoms with van der Waals surface area (Å²) in [6, 6.07) is 13.4. The first-order valence-electron chi connectivity index (χ1n) is 7.77. The number of fused-ring (bicyclic) bond motifs is 1. The SMILES string of the molecule is N#Cc1ccc(-n2nc(-c3ccco3)c3c2NCCCC3)cc1. The number of aromatic nitrogens is 2. The predicted molar refractivity (Wildman–Crippen MR) is 87.4 cm³/mol. The Morgan fingerprint density at radius 2 is 2.04 bits per heavy atom. The van der Waals surface area contributed by atoms with Gasteiger partial charge in [-0.2, -0.15) is 10.4 Å². The molecule has 0 saturated heterocycles. The summed E-state index contributed by atoms with van der Waals surface area (Å²) < 4.78 is 7.48. The number of nitrogens with zero attached hydrogens (tertiary/aromatic N) is 3. The molecule has 0 radical (unpaired) electrons. The molecule has 0 amide bonds. The summed E-state index contributed by atoms with van der Waals surface area (Å²) in [7, 11) is 0. The van der Waals surface area contributed by atoms with E-state index in [2.05, 4.69) is 11.4 Å². The topological polar surface area (TPSA) is 66.8 Å². The van der Waals surface area contributed by atoms with Crippen LogP contribution >= 0.6 is 0 Å². The molecule has 23 heavy (non-hydrogen) atoms. The van der Waals surface area contributed by atoms with E-state index in [1.54, 1.807) is 6.26 Å². The fraction of sp³-hybridized carbons (Fsp3) is 0.222. The van der Waals surface area contributed by atoms with E-state index in [0.29, 0.717) is 5.56 Å². The zero-order chi connectivity index (χ0) is 15.6. The molecule has 1 aliphatic rings. The largest absolute Gasteiger partial charge is 0.463 e. The maximum Gasteiger partial charge on any atom is 0.154 e. The molecule has 4 rings (SSSR count). The van der Waals surface area contributed by atoms with E-state index in [9.17, 15) is 0 Å². The molecule has 5 heteroatoms. The zero-order valence-corrected chi connectivity index (χ0v) is 12.6. The maximum absolute atomic E-state index is 8.96. The molecule has 3 aromatic rings. The average molecular weight is 304 g/mol. The Morgan fingerprint density at radius 3 is 2.78 bits per heavy atom. The van der Waals surface area contributed by atoms with Crippen LogP contribution in [0.2, 0.25) is 0 Å². The Hall–Kier alpha value is -3.00. The van der Waals surface area contributed by atoms with Crippen molar-refractivity contribution in [3.05, 3.63) is 53.8 Å². The van der Waals surface area contributed by atoms with Crippen LogP contribution in [-0.4, -0.2) is 16.3 Å². The van der Waals surface area contributed by atoms with Crippen LogP contribution in [0.25, 0.3) is 17.1 Å². The van der Waals surface area contributed by atoms with Crippen LogP contribution in [0.4, 0.5) is 5.82 Å². The first-order valence-corrected chi connectivity index (χ1v) is 7.77. The van der Waals surface area contributed by atoms with Gasteiger partial charge in [-0.15, -0.1) is 0 Å². The molecule has 0 bridgehead atoms. The Morgan fingerprint density at radius 1 is 1.17 bits per heavy atom. The summed E-state index contributed by atoms with van der Waals surface area (Å²) in [6.07, 6.45) is 4.92. The number of hydrogen-bond donors (Lipinski definition) is 1. The van der Waals surface area contributed by atoms with E-state index in [1.807, 2.05) is 41.1 Å². The van der Waals surface area contributed by atoms with Crippen molar-refractivity contribution in [1.82, 2.24) is 9.78 Å². The minimum Gasteiger partial charge on any atom is -0.463 e. The van der Waals surface area contributed by atoms with Gasteiger partial charge < -0.3 is 9.73 Å². The van der Waals surface area contributed by atoms with Gasteiger partial charge in [-0.1, -0.05) is 0 Å². The molecule has 3 heterocycles. The van der Waals surface area contributed by atoms with Crippen LogP contribution < -0.4 is 5.32 Å². The molecule has 114 valence electrons. The Labute approximate surface area is 134 Å². The third-order valence-corrected chi connectivity index (χ3v) is 4.13. The van der Waals surface area contributed by atoms with Gasteiger partial charge >= 0.3 is 0 Å². The van der Waals surface area contributed by atoms with Crippen molar-refractivity contribution in [2.24, 2.45) is 0 Å². The number of benzene rings is 1. The van der Waals surface area contributed by atoms with E-state index < -0.39 is 0 Å². The van der Waals surface area contributed by atoms with Crippen LogP contribution in [0.3, 0.4) is 0 Å². The lowest BCUT2D eigenvalue weighted by Crippen LogP contribution is -2.07. The molecular formula is C18H16N4O. The lowest BCUT2D eigenvalue weighted by molar-refractivity contribution is 0.578. The second-order valence-corrected chi connectivity index (χ2v) is 5.61. The van der Waals surface area contributed by atoms with Gasteiger partial charge in [0, 0.05) is 12.1 Å². The minimum absolute atomic E-state index is 0.645. The van der Waals surface area contributed by atoms with Crippen LogP contribution in [0.15, 0.2) is 47.1 Å². The second kappa shape index (κ2) is 5.65. The molecule has 0 aliphatic carbocycles. The van der Waals surface area contributed by atoms with Crippen molar-refractivity contribution in [3.63, 3.8) is 0 Å². The monoisotopic (exact) mass is 304 g/mol. The smallest absolute Gasteiger partial charge is 0.154 e. The molecule has 0 atom stereocenters. The van der Waals surface area contributed by atoms with Gasteiger partial charge in [-0.25, -0.2) is 4.68 Å². The van der Waals surface area contributed by atoms with E-state index >= 15 is 0 Å². The zero-order valence-electron chi connectivity index (χ0n) is 12.6. The molecule has 2 aromatic heterocycles. The molecule has 1 aromatic carbocycles. The van der Waals surface area contributed by atoms with E-state index in [-0.39, 0.29) is 0 Å². The summed E-state index contributed by atoms with van der Waals surface area (Å²) in [5, 5.41) is 17.2. The van der Waals surface area contributed by atoms with Gasteiger partial charge in [0.05, 0.1) is 23.6 Å². The van der Waals surface area contributed by atoms with Crippen molar-refractivity contribution >= 4 is 5.82 Å². The predicted octanol–water partition coefficient (Wildman–Crippen LogP) is 3.75. The summed E-state index contributed by atoms with van der Waals surface area (Å²) in [6.45, 7) is 0.937. The number of nitriles is 1. The van der Waals surface area contributed by atoms with Crippen molar-refractivity contribution in [3.8, 4) is 23.2 Å². The second-order valence-electron chi connectivity index (χ2n) is 5.61. The van der Waals surface area contributed by atoms with Crippen molar-refractivity contribution in [1.29, 1.82) is 5.26 Å². The van der Waals surface area contributed by atoms with E-state index in [1.165, 1.54) is 5.56 Å². The molecule has 0 fully saturated rings. The molecule has 0 unspecified atom stereocenters. The highest BCUT2D eigenvalue weighted by Crippen LogP contribution is 2.34. The molecule has 0 saturated carbocycles. The fourth-order valence-corrected chi connectivity index (χ4v) is 2.98. The Kier molecular flexibility index (Phi) is 3.35. The molecule has 5 nitrogen and oxygen atoms in total. The highest BCUT2D eigenvalue weighted by Gasteiger charge is 2.22. The number of anilines is 1. The number of furan rings is 1. The first-order chi connectivity index (χ1) is 11.4. The number of nitrogens with one attached hydrogen (secondary N) is 1. The first kappa shape index (κ1) is 13.6. The van der Waals surface area contributed by atoms with E-state index in [4.69, 9.17) is 14.8 Å². The van der Waals surface area contributed by atoms with Gasteiger partial charge in [0.1, 0.15) is 11.5 Å². The van der Waals surface area contributed by atoms with Gasteiger partial charge in [0.15, 0.2) is 5.76 Å². The van der Waals surface area contributed by atoms with Crippen LogP contribution in [0, 0.1) is 11.3 Å². The quantitative estimate of drug-likeness (QED) is 0.783. The number of hydrogen-bond acceptors (Lipinski definition) is 4. The molecular weight excluding hydrogens is 288 g/mol. The van der Waals surface area contributed by atoms with Crippen molar-refractivity contribution < 1.29 is 4.42 Å². The van der Waals surface area contributed by atoms with Gasteiger partial charge in [0.2, 0.25) is 0 Å². The van der Waals surface area contributed by atoms with Crippen LogP contribution in [-0.2, 0) is 6.42 Å². The highest BCUT2D eigenvalue weighted by molar-refractivity contribution is 5.68. The summed E-state index contributed by atoms with van der Waals surface area (Å²) >= 11 is 0. The standard InChI is InChI=1S/C18H16N4O/c19-12-13-6-8-14(9-7-13)22-18-15(4-1-2-10-20-18)17(21-22)16-5-3-11-23-16/h3,5-9,11,20H,1-2,4,10H2. The average Bonchev–Trinajstić information content (AvgIpc) is 3.17. The van der Waals surface area contributed by atoms with Crippen LogP contribution in [0.1, 0.15) is 24.0 Å². The van der Waals surface area contributed by atoms with E-state index in [0.717, 1.165) is 48.8 Å². The lowest BCUT2D eigenvalue weighted by Gasteiger charge is -2.09. The van der Waals surface area contributed by atoms with Gasteiger partial charge in [-0.3, -0.25) is 0 Å². The Bertz CT molecular complexity index is 854. The molecule has 0 spiro atoms. The lowest BCUT2D eigenvalue weighted by atomic mass is 10.1. The molecule has 1 aliphatic heterocycles. The van der Waals surface area contributed by atoms with Gasteiger partial charge in [0.25, 0.3) is 0 Å². The van der Waals surface area contributed by atoms with Crippen LogP contribution in [0.5, 0.6) is 0 Å². The van der Waals surface area contributed by atoms with Crippen molar-refractivity contribution in [2.75, 3.05) is 11.9 Å². The van der Waals surface area contributed by atoms with Crippen molar-refractivity contribution in [2.45, 2.75) is 19.3 Å². The third-order valence-electron chi connectivity index (χ3n) is 4.13. The summed E-state index contributed by atoms with van der Waals surface area (Å²) in [5.74, 6) is 1.82. The van der Waals surface area contributed by atoms with Gasteiger partial charge in [-0.05, 0) is 55.7 Å². The summed E-state index contributed by atoms with van der Waals surface area (Å²) in [4.78, 5) is 0. The fourth-order valence-electron chi connectivity index (χ4n) is 2.98. The third kappa shape index (κ3) is 2.38. The maximum atomic E-state index is 8.96. The summed E-state index contributed by atoms with van der Waals surface area (Å²) in [5.41, 5.74) is 3.67. The minimum atomic E-state index is 0.645. The number of rotatable bonds is 2. The Balaban J connectivity index is 1.87. The molecule has 1 N–H and O–H groups in total. The highest BCUT2D eigenvalue weighted by atomic mass is 16.3.